The minimum Gasteiger partial charge on any atom is -0.357 e. The summed E-state index contributed by atoms with van der Waals surface area (Å²) in [5.41, 5.74) is 3.86. The van der Waals surface area contributed by atoms with Gasteiger partial charge in [-0.15, -0.1) is 0 Å². The largest absolute Gasteiger partial charge is 0.357 e. The first-order valence-electron chi connectivity index (χ1n) is 14.4. The van der Waals surface area contributed by atoms with Crippen molar-refractivity contribution in [1.29, 1.82) is 0 Å². The van der Waals surface area contributed by atoms with E-state index in [2.05, 4.69) is 45.7 Å². The van der Waals surface area contributed by atoms with Gasteiger partial charge >= 0.3 is 0 Å². The van der Waals surface area contributed by atoms with Gasteiger partial charge in [-0.1, -0.05) is 45.2 Å². The number of hydrogen-bond acceptors (Lipinski definition) is 6. The molecular formula is C30H44N6O. The molecule has 1 N–H and O–H groups in total. The second kappa shape index (κ2) is 14.1. The van der Waals surface area contributed by atoms with Crippen LogP contribution in [0.15, 0.2) is 36.4 Å². The van der Waals surface area contributed by atoms with Crippen LogP contribution < -0.4 is 10.2 Å². The Hall–Kier alpha value is -2.93. The van der Waals surface area contributed by atoms with Crippen LogP contribution in [0.2, 0.25) is 0 Å². The maximum absolute atomic E-state index is 10.9. The van der Waals surface area contributed by atoms with Crippen molar-refractivity contribution in [1.82, 2.24) is 19.4 Å². The van der Waals surface area contributed by atoms with Crippen LogP contribution in [-0.4, -0.2) is 58.4 Å². The second-order valence-corrected chi connectivity index (χ2v) is 10.2. The summed E-state index contributed by atoms with van der Waals surface area (Å²) in [6.45, 7) is 11.0. The number of fused-ring (bicyclic) bond motifs is 1. The van der Waals surface area contributed by atoms with Gasteiger partial charge in [0.25, 0.3) is 0 Å². The standard InChI is InChI=1S/C30H44N6O/c1-3-5-21-35(22-6-4-2)28-16-15-27-29(33-28)36(23-10-20-34-18-8-7-9-19-34)30(32-27)31-26-13-11-25(12-14-26)17-24-37/h11-16,24H,3-10,17-23H2,1-2H3,(H,31,32). The fraction of sp³-hybridized carbons (Fsp3) is 0.567. The minimum absolute atomic E-state index is 0.439. The average Bonchev–Trinajstić information content (AvgIpc) is 3.27. The molecule has 2 aromatic heterocycles. The number of carbonyl (C=O) groups excluding carboxylic acids is 1. The third-order valence-corrected chi connectivity index (χ3v) is 7.30. The molecule has 3 aromatic rings. The zero-order valence-electron chi connectivity index (χ0n) is 22.8. The Balaban J connectivity index is 1.60. The summed E-state index contributed by atoms with van der Waals surface area (Å²) in [5.74, 6) is 1.88. The van der Waals surface area contributed by atoms with Gasteiger partial charge < -0.3 is 19.9 Å². The summed E-state index contributed by atoms with van der Waals surface area (Å²) in [7, 11) is 0. The van der Waals surface area contributed by atoms with Crippen molar-refractivity contribution >= 4 is 34.9 Å². The highest BCUT2D eigenvalue weighted by atomic mass is 16.1. The molecule has 0 spiro atoms. The summed E-state index contributed by atoms with van der Waals surface area (Å²) in [5, 5.41) is 3.53. The van der Waals surface area contributed by atoms with Crippen molar-refractivity contribution in [2.24, 2.45) is 0 Å². The second-order valence-electron chi connectivity index (χ2n) is 10.2. The number of unbranched alkanes of at least 4 members (excludes halogenated alkanes) is 2. The van der Waals surface area contributed by atoms with Gasteiger partial charge in [0.1, 0.15) is 17.6 Å². The van der Waals surface area contributed by atoms with Crippen molar-refractivity contribution in [3.8, 4) is 0 Å². The third-order valence-electron chi connectivity index (χ3n) is 7.30. The normalized spacial score (nSPS) is 14.2. The number of piperidine rings is 1. The number of aryl methyl sites for hydroxylation is 1. The van der Waals surface area contributed by atoms with E-state index in [9.17, 15) is 4.79 Å². The van der Waals surface area contributed by atoms with Gasteiger partial charge in [-0.25, -0.2) is 9.97 Å². The summed E-state index contributed by atoms with van der Waals surface area (Å²) in [4.78, 5) is 26.0. The Morgan fingerprint density at radius 1 is 0.892 bits per heavy atom. The van der Waals surface area contributed by atoms with Gasteiger partial charge in [0.05, 0.1) is 0 Å². The molecule has 0 saturated carbocycles. The molecule has 37 heavy (non-hydrogen) atoms. The summed E-state index contributed by atoms with van der Waals surface area (Å²) >= 11 is 0. The van der Waals surface area contributed by atoms with Crippen LogP contribution in [0, 0.1) is 0 Å². The maximum Gasteiger partial charge on any atom is 0.209 e. The van der Waals surface area contributed by atoms with E-state index >= 15 is 0 Å². The number of nitrogens with one attached hydrogen (secondary N) is 1. The summed E-state index contributed by atoms with van der Waals surface area (Å²) < 4.78 is 2.26. The first-order valence-corrected chi connectivity index (χ1v) is 14.4. The maximum atomic E-state index is 10.9. The van der Waals surface area contributed by atoms with Crippen LogP contribution in [0.25, 0.3) is 11.2 Å². The number of aromatic nitrogens is 3. The highest BCUT2D eigenvalue weighted by Gasteiger charge is 2.17. The Morgan fingerprint density at radius 2 is 1.62 bits per heavy atom. The number of rotatable bonds is 15. The number of pyridine rings is 1. The quantitative estimate of drug-likeness (QED) is 0.249. The molecule has 0 radical (unpaired) electrons. The monoisotopic (exact) mass is 504 g/mol. The van der Waals surface area contributed by atoms with Crippen molar-refractivity contribution in [2.45, 2.75) is 78.2 Å². The Kier molecular flexibility index (Phi) is 10.4. The highest BCUT2D eigenvalue weighted by molar-refractivity contribution is 5.78. The highest BCUT2D eigenvalue weighted by Crippen LogP contribution is 2.26. The first kappa shape index (κ1) is 27.1. The van der Waals surface area contributed by atoms with Crippen LogP contribution in [0.3, 0.4) is 0 Å². The molecule has 0 amide bonds. The average molecular weight is 505 g/mol. The molecular weight excluding hydrogens is 460 g/mol. The van der Waals surface area contributed by atoms with Crippen LogP contribution in [-0.2, 0) is 17.8 Å². The molecule has 0 atom stereocenters. The lowest BCUT2D eigenvalue weighted by Crippen LogP contribution is -2.31. The van der Waals surface area contributed by atoms with E-state index in [4.69, 9.17) is 9.97 Å². The lowest BCUT2D eigenvalue weighted by Gasteiger charge is -2.26. The molecule has 0 unspecified atom stereocenters. The molecule has 1 fully saturated rings. The number of carbonyl (C=O) groups is 1. The van der Waals surface area contributed by atoms with Gasteiger partial charge in [0, 0.05) is 31.7 Å². The predicted octanol–water partition coefficient (Wildman–Crippen LogP) is 6.20. The van der Waals surface area contributed by atoms with Gasteiger partial charge in [-0.05, 0) is 81.6 Å². The van der Waals surface area contributed by atoms with E-state index < -0.39 is 0 Å². The van der Waals surface area contributed by atoms with Crippen LogP contribution in [0.4, 0.5) is 17.5 Å². The molecule has 3 heterocycles. The van der Waals surface area contributed by atoms with Crippen LogP contribution in [0.1, 0.15) is 70.8 Å². The molecule has 0 aliphatic carbocycles. The lowest BCUT2D eigenvalue weighted by atomic mass is 10.1. The number of anilines is 3. The van der Waals surface area contributed by atoms with Crippen molar-refractivity contribution in [3.63, 3.8) is 0 Å². The lowest BCUT2D eigenvalue weighted by molar-refractivity contribution is -0.107. The van der Waals surface area contributed by atoms with E-state index in [1.807, 2.05) is 24.3 Å². The van der Waals surface area contributed by atoms with Crippen LogP contribution >= 0.6 is 0 Å². The topological polar surface area (TPSA) is 66.3 Å². The molecule has 4 rings (SSSR count). The number of nitrogens with zero attached hydrogens (tertiary/aromatic N) is 5. The number of hydrogen-bond donors (Lipinski definition) is 1. The van der Waals surface area contributed by atoms with E-state index in [0.717, 1.165) is 73.1 Å². The Bertz CT molecular complexity index is 1100. The van der Waals surface area contributed by atoms with Crippen molar-refractivity contribution < 1.29 is 4.79 Å². The van der Waals surface area contributed by atoms with Crippen molar-refractivity contribution in [3.05, 3.63) is 42.0 Å². The Morgan fingerprint density at radius 3 is 2.30 bits per heavy atom. The van der Waals surface area contributed by atoms with E-state index in [1.165, 1.54) is 58.0 Å². The van der Waals surface area contributed by atoms with Gasteiger partial charge in [-0.3, -0.25) is 4.57 Å². The summed E-state index contributed by atoms with van der Waals surface area (Å²) in [6, 6.07) is 12.3. The van der Waals surface area contributed by atoms with E-state index in [0.29, 0.717) is 6.42 Å². The first-order chi connectivity index (χ1) is 18.2. The molecule has 7 nitrogen and oxygen atoms in total. The number of likely N-dealkylation sites (tertiary alicyclic amines) is 1. The van der Waals surface area contributed by atoms with Gasteiger partial charge in [-0.2, -0.15) is 0 Å². The number of benzene rings is 1. The minimum atomic E-state index is 0.439. The fourth-order valence-corrected chi connectivity index (χ4v) is 5.10. The predicted molar refractivity (Wildman–Crippen MR) is 154 cm³/mol. The third kappa shape index (κ3) is 7.54. The zero-order chi connectivity index (χ0) is 25.9. The van der Waals surface area contributed by atoms with Gasteiger partial charge in [0.15, 0.2) is 5.65 Å². The zero-order valence-corrected chi connectivity index (χ0v) is 22.8. The number of aldehydes is 1. The molecule has 1 aliphatic heterocycles. The smallest absolute Gasteiger partial charge is 0.209 e. The molecule has 1 saturated heterocycles. The molecule has 1 aliphatic rings. The van der Waals surface area contributed by atoms with Gasteiger partial charge in [0.2, 0.25) is 5.95 Å². The fourth-order valence-electron chi connectivity index (χ4n) is 5.10. The SMILES string of the molecule is CCCCN(CCCC)c1ccc2nc(Nc3ccc(CC=O)cc3)n(CCCN3CCCCC3)c2n1. The molecule has 200 valence electrons. The number of imidazole rings is 1. The molecule has 1 aromatic carbocycles. The van der Waals surface area contributed by atoms with E-state index in [-0.39, 0.29) is 0 Å². The Labute approximate surface area is 222 Å². The molecule has 0 bridgehead atoms. The summed E-state index contributed by atoms with van der Waals surface area (Å²) in [6.07, 6.45) is 11.1. The van der Waals surface area contributed by atoms with Crippen molar-refractivity contribution in [2.75, 3.05) is 42.9 Å². The van der Waals surface area contributed by atoms with E-state index in [1.54, 1.807) is 0 Å². The molecule has 7 heteroatoms. The van der Waals surface area contributed by atoms with Crippen LogP contribution in [0.5, 0.6) is 0 Å².